The molecule has 4 aliphatic heterocycles. The molecule has 3 fully saturated rings. The monoisotopic (exact) mass is 599 g/mol. The summed E-state index contributed by atoms with van der Waals surface area (Å²) in [4.78, 5) is 30.5. The average Bonchev–Trinajstić information content (AvgIpc) is 3.46. The van der Waals surface area contributed by atoms with E-state index in [1.165, 1.54) is 5.56 Å². The average molecular weight is 600 g/mol. The molecule has 2 aromatic carbocycles. The molecule has 1 aromatic heterocycles. The molecule has 0 aliphatic carbocycles. The molecule has 224 valence electrons. The van der Waals surface area contributed by atoms with E-state index in [-0.39, 0.29) is 17.4 Å². The van der Waals surface area contributed by atoms with Crippen LogP contribution in [0.25, 0.3) is 0 Å². The Labute approximate surface area is 256 Å². The Hall–Kier alpha value is -3.73. The van der Waals surface area contributed by atoms with E-state index in [1.807, 2.05) is 64.9 Å². The normalized spacial score (nSPS) is 22.3. The largest absolute Gasteiger partial charge is 0.369 e. The van der Waals surface area contributed by atoms with Gasteiger partial charge in [-0.3, -0.25) is 9.59 Å². The van der Waals surface area contributed by atoms with Crippen LogP contribution in [0.15, 0.2) is 65.5 Å². The molecule has 9 nitrogen and oxygen atoms in total. The number of hydrogen-bond acceptors (Lipinski definition) is 6. The lowest BCUT2D eigenvalue weighted by Gasteiger charge is -2.44. The third-order valence-corrected chi connectivity index (χ3v) is 9.45. The number of rotatable bonds is 4. The molecule has 2 N–H and O–H groups in total. The van der Waals surface area contributed by atoms with E-state index in [4.69, 9.17) is 21.7 Å². The molecule has 5 heterocycles. The van der Waals surface area contributed by atoms with Crippen molar-refractivity contribution in [2.24, 2.45) is 5.92 Å². The first-order valence-corrected chi connectivity index (χ1v) is 15.6. The van der Waals surface area contributed by atoms with Crippen LogP contribution in [0.3, 0.4) is 0 Å². The molecule has 1 amide bonds. The zero-order valence-electron chi connectivity index (χ0n) is 24.4. The van der Waals surface area contributed by atoms with E-state index in [0.29, 0.717) is 55.7 Å². The summed E-state index contributed by atoms with van der Waals surface area (Å²) in [5.41, 5.74) is 5.64. The number of carbonyl (C=O) groups excluding carboxylic acids is 1. The minimum Gasteiger partial charge on any atom is -0.369 e. The van der Waals surface area contributed by atoms with Gasteiger partial charge in [0.05, 0.1) is 24.6 Å². The highest BCUT2D eigenvalue weighted by Crippen LogP contribution is 2.40. The second-order valence-electron chi connectivity index (χ2n) is 12.2. The number of fused-ring (bicyclic) bond motifs is 4. The first-order chi connectivity index (χ1) is 20.9. The number of carbonyl (C=O) groups is 1. The van der Waals surface area contributed by atoms with Crippen LogP contribution in [-0.2, 0) is 16.0 Å². The van der Waals surface area contributed by atoms with Crippen LogP contribution in [0.5, 0.6) is 0 Å². The van der Waals surface area contributed by atoms with Crippen molar-refractivity contribution in [3.05, 3.63) is 87.8 Å². The van der Waals surface area contributed by atoms with Crippen molar-refractivity contribution in [1.82, 2.24) is 9.47 Å². The Kier molecular flexibility index (Phi) is 7.44. The van der Waals surface area contributed by atoms with Crippen LogP contribution in [0.4, 0.5) is 17.1 Å². The van der Waals surface area contributed by atoms with Gasteiger partial charge in [-0.25, -0.2) is 0 Å². The minimum absolute atomic E-state index is 0.0105. The topological polar surface area (TPSA) is 88.1 Å². The van der Waals surface area contributed by atoms with E-state index >= 15 is 0 Å². The Morgan fingerprint density at radius 2 is 1.72 bits per heavy atom. The summed E-state index contributed by atoms with van der Waals surface area (Å²) in [5.74, 6) is 0.0773. The number of nitrogens with zero attached hydrogens (tertiary/aromatic N) is 3. The van der Waals surface area contributed by atoms with Crippen molar-refractivity contribution in [3.63, 3.8) is 0 Å². The summed E-state index contributed by atoms with van der Waals surface area (Å²) in [5, 5.41) is 7.16. The Balaban J connectivity index is 1.15. The number of nitrogens with one attached hydrogen (secondary N) is 2. The van der Waals surface area contributed by atoms with Crippen LogP contribution in [0, 0.1) is 12.8 Å². The number of hydrogen-bond donors (Lipinski definition) is 2. The highest BCUT2D eigenvalue weighted by molar-refractivity contribution is 7.80. The molecule has 7 rings (SSSR count). The van der Waals surface area contributed by atoms with Crippen molar-refractivity contribution < 1.29 is 14.3 Å². The second kappa shape index (κ2) is 11.4. The number of aromatic nitrogens is 1. The molecule has 10 heteroatoms. The highest BCUT2D eigenvalue weighted by Gasteiger charge is 2.41. The summed E-state index contributed by atoms with van der Waals surface area (Å²) >= 11 is 5.75. The van der Waals surface area contributed by atoms with Crippen LogP contribution in [0.1, 0.15) is 46.8 Å². The summed E-state index contributed by atoms with van der Waals surface area (Å²) in [6, 6.07) is 19.6. The summed E-state index contributed by atoms with van der Waals surface area (Å²) in [7, 11) is 0. The van der Waals surface area contributed by atoms with Crippen molar-refractivity contribution >= 4 is 40.3 Å². The van der Waals surface area contributed by atoms with Gasteiger partial charge in [0, 0.05) is 74.5 Å². The van der Waals surface area contributed by atoms with Crippen molar-refractivity contribution in [1.29, 1.82) is 0 Å². The minimum atomic E-state index is -0.530. The third kappa shape index (κ3) is 5.67. The molecule has 4 aliphatic rings. The zero-order chi connectivity index (χ0) is 29.6. The van der Waals surface area contributed by atoms with Gasteiger partial charge in [0.15, 0.2) is 10.9 Å². The van der Waals surface area contributed by atoms with Gasteiger partial charge in [-0.2, -0.15) is 0 Å². The van der Waals surface area contributed by atoms with E-state index in [9.17, 15) is 9.59 Å². The third-order valence-electron chi connectivity index (χ3n) is 9.25. The van der Waals surface area contributed by atoms with Crippen LogP contribution < -0.4 is 21.1 Å². The van der Waals surface area contributed by atoms with Gasteiger partial charge in [0.1, 0.15) is 0 Å². The van der Waals surface area contributed by atoms with Gasteiger partial charge < -0.3 is 34.5 Å². The standard InChI is InChI=1S/C33H37N5O4S/c1-22-5-8-26(9-6-22)34-32(43)35-27-18-24(31(40)36-13-11-33(12-14-36)41-15-16-42-33)7-10-29(27)37-19-23-17-25(21-37)28-3-2-4-30(39)38(28)20-23/h2-10,18,23,25H,11-17,19-21H2,1H3,(H2,34,35,43). The highest BCUT2D eigenvalue weighted by atomic mass is 32.1. The zero-order valence-corrected chi connectivity index (χ0v) is 25.2. The van der Waals surface area contributed by atoms with Crippen LogP contribution in [-0.4, -0.2) is 65.7 Å². The van der Waals surface area contributed by atoms with Crippen molar-refractivity contribution in [2.45, 2.75) is 44.4 Å². The van der Waals surface area contributed by atoms with E-state index < -0.39 is 5.79 Å². The predicted octanol–water partition coefficient (Wildman–Crippen LogP) is 4.57. The molecule has 1 spiro atoms. The number of thiocarbonyl (C=S) groups is 1. The Morgan fingerprint density at radius 1 is 0.953 bits per heavy atom. The number of pyridine rings is 1. The smallest absolute Gasteiger partial charge is 0.253 e. The van der Waals surface area contributed by atoms with E-state index in [0.717, 1.165) is 48.8 Å². The number of likely N-dealkylation sites (tertiary alicyclic amines) is 1. The SMILES string of the molecule is Cc1ccc(NC(=S)Nc2cc(C(=O)N3CCC4(CC3)OCCO4)ccc2N2CC3CC(C2)c2cccc(=O)n2C3)cc1. The number of amides is 1. The molecular weight excluding hydrogens is 562 g/mol. The van der Waals surface area contributed by atoms with Gasteiger partial charge in [-0.15, -0.1) is 0 Å². The molecule has 2 bridgehead atoms. The maximum absolute atomic E-state index is 13.7. The number of piperidine rings is 2. The number of ether oxygens (including phenoxy) is 2. The first-order valence-electron chi connectivity index (χ1n) is 15.2. The van der Waals surface area contributed by atoms with Gasteiger partial charge in [0.2, 0.25) is 0 Å². The summed E-state index contributed by atoms with van der Waals surface area (Å²) in [6.45, 7) is 6.78. The van der Waals surface area contributed by atoms with Crippen LogP contribution >= 0.6 is 12.2 Å². The molecule has 0 saturated carbocycles. The van der Waals surface area contributed by atoms with E-state index in [1.54, 1.807) is 6.07 Å². The fraction of sp³-hybridized carbons (Fsp3) is 0.424. The maximum atomic E-state index is 13.7. The molecular formula is C33H37N5O4S. The molecule has 2 atom stereocenters. The quantitative estimate of drug-likeness (QED) is 0.422. The lowest BCUT2D eigenvalue weighted by Crippen LogP contribution is -2.47. The number of anilines is 3. The summed E-state index contributed by atoms with van der Waals surface area (Å²) in [6.07, 6.45) is 2.41. The second-order valence-corrected chi connectivity index (χ2v) is 12.6. The molecule has 3 aromatic rings. The lowest BCUT2D eigenvalue weighted by atomic mass is 9.83. The number of benzene rings is 2. The van der Waals surface area contributed by atoms with Crippen molar-refractivity contribution in [3.8, 4) is 0 Å². The fourth-order valence-electron chi connectivity index (χ4n) is 7.08. The lowest BCUT2D eigenvalue weighted by molar-refractivity contribution is -0.181. The molecule has 2 unspecified atom stereocenters. The summed E-state index contributed by atoms with van der Waals surface area (Å²) < 4.78 is 13.7. The molecule has 43 heavy (non-hydrogen) atoms. The Morgan fingerprint density at radius 3 is 2.49 bits per heavy atom. The van der Waals surface area contributed by atoms with Gasteiger partial charge >= 0.3 is 0 Å². The fourth-order valence-corrected chi connectivity index (χ4v) is 7.31. The Bertz CT molecular complexity index is 1590. The van der Waals surface area contributed by atoms with Crippen LogP contribution in [0.2, 0.25) is 0 Å². The van der Waals surface area contributed by atoms with Gasteiger partial charge in [-0.1, -0.05) is 23.8 Å². The van der Waals surface area contributed by atoms with Gasteiger partial charge in [-0.05, 0) is 67.9 Å². The molecule has 3 saturated heterocycles. The van der Waals surface area contributed by atoms with E-state index in [2.05, 4.69) is 21.6 Å². The molecule has 0 radical (unpaired) electrons. The predicted molar refractivity (Wildman–Crippen MR) is 171 cm³/mol. The van der Waals surface area contributed by atoms with Crippen molar-refractivity contribution in [2.75, 3.05) is 54.9 Å². The maximum Gasteiger partial charge on any atom is 0.253 e. The number of aryl methyl sites for hydroxylation is 1. The first kappa shape index (κ1) is 28.1. The van der Waals surface area contributed by atoms with Gasteiger partial charge in [0.25, 0.3) is 11.5 Å².